The normalized spacial score (nSPS) is 26.6. The van der Waals surface area contributed by atoms with E-state index in [9.17, 15) is 8.42 Å². The van der Waals surface area contributed by atoms with Crippen LogP contribution in [0.3, 0.4) is 0 Å². The predicted molar refractivity (Wildman–Crippen MR) is 120 cm³/mol. The smallest absolute Gasteiger partial charge is 0.241 e. The van der Waals surface area contributed by atoms with Crippen molar-refractivity contribution in [3.05, 3.63) is 42.0 Å². The Hall–Kier alpha value is -2.87. The molecule has 1 aromatic heterocycles. The summed E-state index contributed by atoms with van der Waals surface area (Å²) in [6.07, 6.45) is 2.14. The Labute approximate surface area is 196 Å². The van der Waals surface area contributed by atoms with Gasteiger partial charge in [0, 0.05) is 19.1 Å². The van der Waals surface area contributed by atoms with Crippen molar-refractivity contribution in [2.45, 2.75) is 29.2 Å². The quantitative estimate of drug-likeness (QED) is 0.549. The molecule has 1 aromatic carbocycles. The molecule has 0 amide bonds. The van der Waals surface area contributed by atoms with E-state index in [4.69, 9.17) is 24.7 Å². The third-order valence-electron chi connectivity index (χ3n) is 6.18. The average molecular weight is 496 g/mol. The first-order valence-electron chi connectivity index (χ1n) is 10.4. The van der Waals surface area contributed by atoms with Crippen LogP contribution in [0.5, 0.6) is 17.5 Å². The fraction of sp³-hybridized carbons (Fsp3) is 0.476. The average Bonchev–Trinajstić information content (AvgIpc) is 3.14. The van der Waals surface area contributed by atoms with Crippen LogP contribution in [0, 0.1) is 5.82 Å². The van der Waals surface area contributed by atoms with Gasteiger partial charge in [0.05, 0.1) is 44.7 Å². The molecule has 0 saturated carbocycles. The van der Waals surface area contributed by atoms with E-state index in [-0.39, 0.29) is 55.0 Å². The first kappa shape index (κ1) is 24.3. The van der Waals surface area contributed by atoms with Crippen LogP contribution in [-0.4, -0.2) is 69.6 Å². The first-order chi connectivity index (χ1) is 16.2. The minimum Gasteiger partial charge on any atom is -0.480 e. The molecule has 34 heavy (non-hydrogen) atoms. The van der Waals surface area contributed by atoms with E-state index in [1.165, 1.54) is 51.9 Å². The van der Waals surface area contributed by atoms with Gasteiger partial charge in [-0.25, -0.2) is 17.5 Å². The Morgan fingerprint density at radius 1 is 1.29 bits per heavy atom. The SMILES string of the molecule is CNS(=O)(=O)[C@]12CC(N)=N[C@@]1(c1cc(Oc3cncc(OC)n3)ccc1F)CO[C@@H](COC)C2. The van der Waals surface area contributed by atoms with Crippen LogP contribution in [-0.2, 0) is 25.0 Å². The summed E-state index contributed by atoms with van der Waals surface area (Å²) in [5.41, 5.74) is 4.44. The fourth-order valence-electron chi connectivity index (χ4n) is 4.68. The van der Waals surface area contributed by atoms with Crippen LogP contribution in [0.2, 0.25) is 0 Å². The molecule has 1 fully saturated rings. The molecule has 0 radical (unpaired) electrons. The molecule has 184 valence electrons. The number of hydrogen-bond acceptors (Lipinski definition) is 10. The number of benzene rings is 1. The highest BCUT2D eigenvalue weighted by Gasteiger charge is 2.68. The third kappa shape index (κ3) is 3.87. The Balaban J connectivity index is 1.84. The van der Waals surface area contributed by atoms with Gasteiger partial charge in [0.15, 0.2) is 0 Å². The molecule has 2 aromatic rings. The Bertz CT molecular complexity index is 1210. The van der Waals surface area contributed by atoms with Gasteiger partial charge in [0.2, 0.25) is 21.8 Å². The number of nitrogens with zero attached hydrogens (tertiary/aromatic N) is 3. The summed E-state index contributed by atoms with van der Waals surface area (Å²) in [4.78, 5) is 12.6. The summed E-state index contributed by atoms with van der Waals surface area (Å²) in [5, 5.41) is 0. The monoisotopic (exact) mass is 495 g/mol. The number of ether oxygens (including phenoxy) is 4. The zero-order chi connectivity index (χ0) is 24.6. The Morgan fingerprint density at radius 3 is 2.76 bits per heavy atom. The van der Waals surface area contributed by atoms with Crippen LogP contribution in [0.25, 0.3) is 0 Å². The van der Waals surface area contributed by atoms with Gasteiger partial charge >= 0.3 is 0 Å². The van der Waals surface area contributed by atoms with Crippen LogP contribution in [0.15, 0.2) is 35.6 Å². The fourth-order valence-corrected chi connectivity index (χ4v) is 6.47. The van der Waals surface area contributed by atoms with Gasteiger partial charge in [0.1, 0.15) is 21.9 Å². The van der Waals surface area contributed by atoms with E-state index in [2.05, 4.69) is 19.7 Å². The molecule has 0 bridgehead atoms. The number of sulfonamides is 1. The van der Waals surface area contributed by atoms with E-state index >= 15 is 4.39 Å². The lowest BCUT2D eigenvalue weighted by molar-refractivity contribution is -0.0754. The number of nitrogens with two attached hydrogens (primary N) is 1. The van der Waals surface area contributed by atoms with Crippen LogP contribution < -0.4 is 19.9 Å². The highest BCUT2D eigenvalue weighted by atomic mass is 32.2. The molecule has 0 aliphatic carbocycles. The molecule has 0 unspecified atom stereocenters. The Morgan fingerprint density at radius 2 is 2.06 bits per heavy atom. The summed E-state index contributed by atoms with van der Waals surface area (Å²) < 4.78 is 65.0. The molecule has 11 nitrogen and oxygen atoms in total. The number of methoxy groups -OCH3 is 2. The molecular formula is C21H26FN5O6S. The topological polar surface area (TPSA) is 147 Å². The molecule has 2 aliphatic heterocycles. The molecule has 13 heteroatoms. The maximum absolute atomic E-state index is 15.4. The second-order valence-electron chi connectivity index (χ2n) is 8.08. The lowest BCUT2D eigenvalue weighted by Gasteiger charge is -2.48. The highest BCUT2D eigenvalue weighted by molar-refractivity contribution is 7.91. The van der Waals surface area contributed by atoms with Gasteiger partial charge in [-0.05, 0) is 31.7 Å². The summed E-state index contributed by atoms with van der Waals surface area (Å²) in [7, 11) is 0.202. The number of hydrogen-bond donors (Lipinski definition) is 2. The van der Waals surface area contributed by atoms with Gasteiger partial charge in [-0.3, -0.25) is 9.98 Å². The summed E-state index contributed by atoms with van der Waals surface area (Å²) in [6, 6.07) is 3.96. The molecule has 3 heterocycles. The van der Waals surface area contributed by atoms with Crippen molar-refractivity contribution in [1.82, 2.24) is 14.7 Å². The maximum atomic E-state index is 15.4. The van der Waals surface area contributed by atoms with Crippen LogP contribution >= 0.6 is 0 Å². The number of rotatable bonds is 8. The van der Waals surface area contributed by atoms with Gasteiger partial charge in [0.25, 0.3) is 0 Å². The molecule has 1 saturated heterocycles. The van der Waals surface area contributed by atoms with E-state index in [0.29, 0.717) is 0 Å². The third-order valence-corrected chi connectivity index (χ3v) is 8.40. The summed E-state index contributed by atoms with van der Waals surface area (Å²) in [6.45, 7) is -0.0565. The van der Waals surface area contributed by atoms with Crippen LogP contribution in [0.1, 0.15) is 18.4 Å². The maximum Gasteiger partial charge on any atom is 0.241 e. The number of amidine groups is 1. The van der Waals surface area contributed by atoms with Crippen molar-refractivity contribution in [3.8, 4) is 17.5 Å². The summed E-state index contributed by atoms with van der Waals surface area (Å²) in [5.74, 6) is -0.0470. The molecule has 4 rings (SSSR count). The number of aromatic nitrogens is 2. The van der Waals surface area contributed by atoms with E-state index < -0.39 is 32.2 Å². The lowest BCUT2D eigenvalue weighted by atomic mass is 9.73. The molecule has 2 aliphatic rings. The lowest BCUT2D eigenvalue weighted by Crippen LogP contribution is -2.64. The zero-order valence-electron chi connectivity index (χ0n) is 18.9. The minimum absolute atomic E-state index is 0.0000970. The molecule has 3 N–H and O–H groups in total. The van der Waals surface area contributed by atoms with Crippen LogP contribution in [0.4, 0.5) is 4.39 Å². The Kier molecular flexibility index (Phi) is 6.46. The minimum atomic E-state index is -4.03. The van der Waals surface area contributed by atoms with Gasteiger partial charge in [-0.1, -0.05) is 0 Å². The summed E-state index contributed by atoms with van der Waals surface area (Å²) >= 11 is 0. The van der Waals surface area contributed by atoms with Crippen molar-refractivity contribution in [3.63, 3.8) is 0 Å². The van der Waals surface area contributed by atoms with E-state index in [1.807, 2.05) is 0 Å². The number of aliphatic imine (C=N–C) groups is 1. The van der Waals surface area contributed by atoms with Crippen molar-refractivity contribution in [2.24, 2.45) is 10.7 Å². The number of nitrogens with one attached hydrogen (secondary N) is 1. The van der Waals surface area contributed by atoms with Crippen molar-refractivity contribution in [2.75, 3.05) is 34.5 Å². The van der Waals surface area contributed by atoms with Crippen molar-refractivity contribution < 1.29 is 31.8 Å². The second kappa shape index (κ2) is 9.06. The highest BCUT2D eigenvalue weighted by Crippen LogP contribution is 2.54. The number of halogens is 1. The second-order valence-corrected chi connectivity index (χ2v) is 10.3. The standard InChI is InChI=1S/C21H26FN5O6S/c1-24-34(28,29)20-7-14(11-30-2)32-12-21(20,27-17(23)8-20)15-6-13(4-5-16(15)22)33-19-10-25-9-18(26-19)31-3/h4-6,9-10,14,24H,7-8,11-12H2,1-3H3,(H2,23,27)/t14-,20-,21-/m1/s1. The molecular weight excluding hydrogens is 469 g/mol. The van der Waals surface area contributed by atoms with Crippen molar-refractivity contribution in [1.29, 1.82) is 0 Å². The van der Waals surface area contributed by atoms with E-state index in [0.717, 1.165) is 0 Å². The van der Waals surface area contributed by atoms with Gasteiger partial charge in [-0.2, -0.15) is 4.98 Å². The first-order valence-corrected chi connectivity index (χ1v) is 11.9. The predicted octanol–water partition coefficient (Wildman–Crippen LogP) is 1.10. The number of fused-ring (bicyclic) bond motifs is 1. The van der Waals surface area contributed by atoms with Gasteiger partial charge in [-0.15, -0.1) is 0 Å². The zero-order valence-corrected chi connectivity index (χ0v) is 19.8. The van der Waals surface area contributed by atoms with E-state index in [1.54, 1.807) is 0 Å². The molecule has 3 atom stereocenters. The van der Waals surface area contributed by atoms with Gasteiger partial charge < -0.3 is 24.7 Å². The largest absolute Gasteiger partial charge is 0.480 e. The molecule has 0 spiro atoms. The van der Waals surface area contributed by atoms with Crippen molar-refractivity contribution >= 4 is 15.9 Å².